The average molecular weight is 278 g/mol. The maximum Gasteiger partial charge on any atom is 0.0414 e. The summed E-state index contributed by atoms with van der Waals surface area (Å²) in [7, 11) is 0. The Balaban J connectivity index is -0.000000425. The molecule has 20 heavy (non-hydrogen) atoms. The van der Waals surface area contributed by atoms with Gasteiger partial charge in [0.1, 0.15) is 0 Å². The van der Waals surface area contributed by atoms with E-state index in [0.717, 1.165) is 16.8 Å². The molecule has 4 N–H and O–H groups in total. The van der Waals surface area contributed by atoms with Gasteiger partial charge in [-0.2, -0.15) is 0 Å². The average Bonchev–Trinajstić information content (AvgIpc) is 2.51. The van der Waals surface area contributed by atoms with Gasteiger partial charge >= 0.3 is 0 Å². The summed E-state index contributed by atoms with van der Waals surface area (Å²) in [4.78, 5) is 0. The van der Waals surface area contributed by atoms with Crippen molar-refractivity contribution in [3.8, 4) is 0 Å². The SMILES string of the molecule is C/C=C\C(=C/C)c1ccc(N)cc1N.CC.CC.CC. The smallest absolute Gasteiger partial charge is 0.0414 e. The molecule has 0 radical (unpaired) electrons. The van der Waals surface area contributed by atoms with E-state index < -0.39 is 0 Å². The first kappa shape index (κ1) is 23.4. The molecule has 0 heterocycles. The summed E-state index contributed by atoms with van der Waals surface area (Å²) in [6, 6.07) is 5.58. The molecule has 0 aliphatic carbocycles. The highest BCUT2D eigenvalue weighted by atomic mass is 14.6. The second kappa shape index (κ2) is 17.3. The van der Waals surface area contributed by atoms with Gasteiger partial charge in [-0.05, 0) is 31.6 Å². The van der Waals surface area contributed by atoms with Gasteiger partial charge in [0.25, 0.3) is 0 Å². The van der Waals surface area contributed by atoms with E-state index in [2.05, 4.69) is 0 Å². The summed E-state index contributed by atoms with van der Waals surface area (Å²) < 4.78 is 0. The fraction of sp³-hybridized carbons (Fsp3) is 0.444. The number of rotatable bonds is 2. The van der Waals surface area contributed by atoms with Crippen molar-refractivity contribution in [3.63, 3.8) is 0 Å². The molecule has 1 aromatic carbocycles. The van der Waals surface area contributed by atoms with Crippen LogP contribution in [0, 0.1) is 0 Å². The second-order valence-electron chi connectivity index (χ2n) is 3.09. The maximum atomic E-state index is 5.87. The second-order valence-corrected chi connectivity index (χ2v) is 3.09. The van der Waals surface area contributed by atoms with Gasteiger partial charge in [0.05, 0.1) is 0 Å². The lowest BCUT2D eigenvalue weighted by atomic mass is 10.0. The Morgan fingerprint density at radius 1 is 0.900 bits per heavy atom. The number of hydrogen-bond donors (Lipinski definition) is 2. The molecular weight excluding hydrogens is 244 g/mol. The first-order valence-corrected chi connectivity index (χ1v) is 7.63. The predicted molar refractivity (Wildman–Crippen MR) is 97.8 cm³/mol. The molecule has 2 nitrogen and oxygen atoms in total. The molecule has 2 heteroatoms. The lowest BCUT2D eigenvalue weighted by Crippen LogP contribution is -1.95. The Kier molecular flexibility index (Phi) is 20.2. The third-order valence-electron chi connectivity index (χ3n) is 2.04. The summed E-state index contributed by atoms with van der Waals surface area (Å²) in [6.45, 7) is 16.0. The van der Waals surface area contributed by atoms with Crippen LogP contribution in [0.15, 0.2) is 36.4 Å². The molecule has 1 aromatic rings. The molecular formula is C18H34N2. The predicted octanol–water partition coefficient (Wildman–Crippen LogP) is 5.91. The Hall–Kier alpha value is -1.70. The minimum absolute atomic E-state index is 0.696. The summed E-state index contributed by atoms with van der Waals surface area (Å²) in [5.74, 6) is 0. The molecule has 0 aliphatic rings. The van der Waals surface area contributed by atoms with Crippen molar-refractivity contribution in [1.29, 1.82) is 0 Å². The van der Waals surface area contributed by atoms with Crippen LogP contribution in [0.25, 0.3) is 5.57 Å². The maximum absolute atomic E-state index is 5.87. The first-order valence-electron chi connectivity index (χ1n) is 7.63. The van der Waals surface area contributed by atoms with Crippen LogP contribution in [0.3, 0.4) is 0 Å². The van der Waals surface area contributed by atoms with E-state index in [0.29, 0.717) is 5.69 Å². The molecule has 116 valence electrons. The zero-order chi connectivity index (χ0) is 16.6. The number of hydrogen-bond acceptors (Lipinski definition) is 2. The highest BCUT2D eigenvalue weighted by Gasteiger charge is 2.01. The third kappa shape index (κ3) is 9.26. The van der Waals surface area contributed by atoms with E-state index in [-0.39, 0.29) is 0 Å². The van der Waals surface area contributed by atoms with Gasteiger partial charge in [-0.1, -0.05) is 65.8 Å². The van der Waals surface area contributed by atoms with Crippen LogP contribution >= 0.6 is 0 Å². The first-order chi connectivity index (χ1) is 9.69. The van der Waals surface area contributed by atoms with Crippen molar-refractivity contribution in [2.75, 3.05) is 11.5 Å². The molecule has 0 saturated heterocycles. The standard InChI is InChI=1S/C12H16N2.3C2H6/c1-3-5-9(4-2)11-7-6-10(13)8-12(11)14;3*1-2/h3-8H,13-14H2,1-2H3;3*1-2H3/b5-3-,9-4+;;;. The van der Waals surface area contributed by atoms with E-state index in [4.69, 9.17) is 11.5 Å². The molecule has 0 aromatic heterocycles. The number of nitrogen functional groups attached to an aromatic ring is 2. The van der Waals surface area contributed by atoms with Crippen molar-refractivity contribution in [1.82, 2.24) is 0 Å². The van der Waals surface area contributed by atoms with E-state index in [1.807, 2.05) is 85.8 Å². The van der Waals surface area contributed by atoms with E-state index >= 15 is 0 Å². The minimum Gasteiger partial charge on any atom is -0.399 e. The van der Waals surface area contributed by atoms with Gasteiger partial charge in [-0.25, -0.2) is 0 Å². The Labute approximate surface area is 126 Å². The molecule has 0 aliphatic heterocycles. The van der Waals surface area contributed by atoms with Crippen LogP contribution in [-0.4, -0.2) is 0 Å². The number of allylic oxidation sites excluding steroid dienone is 4. The van der Waals surface area contributed by atoms with Crippen molar-refractivity contribution >= 4 is 16.9 Å². The molecule has 0 fully saturated rings. The summed E-state index contributed by atoms with van der Waals surface area (Å²) in [6.07, 6.45) is 6.05. The molecule has 0 spiro atoms. The van der Waals surface area contributed by atoms with Crippen LogP contribution < -0.4 is 11.5 Å². The largest absolute Gasteiger partial charge is 0.399 e. The summed E-state index contributed by atoms with van der Waals surface area (Å²) >= 11 is 0. The van der Waals surface area contributed by atoms with Crippen LogP contribution in [0.2, 0.25) is 0 Å². The van der Waals surface area contributed by atoms with Gasteiger partial charge in [0.2, 0.25) is 0 Å². The zero-order valence-electron chi connectivity index (χ0n) is 14.6. The highest BCUT2D eigenvalue weighted by molar-refractivity contribution is 5.82. The lowest BCUT2D eigenvalue weighted by molar-refractivity contribution is 1.50. The third-order valence-corrected chi connectivity index (χ3v) is 2.04. The number of anilines is 2. The topological polar surface area (TPSA) is 52.0 Å². The normalized spacial score (nSPS) is 9.50. The van der Waals surface area contributed by atoms with Crippen molar-refractivity contribution < 1.29 is 0 Å². The Morgan fingerprint density at radius 2 is 1.40 bits per heavy atom. The quantitative estimate of drug-likeness (QED) is 0.522. The van der Waals surface area contributed by atoms with E-state index in [1.54, 1.807) is 6.07 Å². The molecule has 0 saturated carbocycles. The lowest BCUT2D eigenvalue weighted by Gasteiger charge is -2.06. The van der Waals surface area contributed by atoms with Crippen molar-refractivity contribution in [2.24, 2.45) is 0 Å². The van der Waals surface area contributed by atoms with Crippen molar-refractivity contribution in [3.05, 3.63) is 42.0 Å². The highest BCUT2D eigenvalue weighted by Crippen LogP contribution is 2.24. The van der Waals surface area contributed by atoms with Crippen LogP contribution in [0.5, 0.6) is 0 Å². The van der Waals surface area contributed by atoms with E-state index in [9.17, 15) is 0 Å². The van der Waals surface area contributed by atoms with E-state index in [1.165, 1.54) is 0 Å². The molecule has 0 atom stereocenters. The number of nitrogens with two attached hydrogens (primary N) is 2. The summed E-state index contributed by atoms with van der Waals surface area (Å²) in [5.41, 5.74) is 15.1. The van der Waals surface area contributed by atoms with Gasteiger partial charge < -0.3 is 11.5 Å². The summed E-state index contributed by atoms with van der Waals surface area (Å²) in [5, 5.41) is 0. The van der Waals surface area contributed by atoms with Gasteiger partial charge in [-0.3, -0.25) is 0 Å². The molecule has 0 unspecified atom stereocenters. The molecule has 0 bridgehead atoms. The fourth-order valence-corrected chi connectivity index (χ4v) is 1.37. The van der Waals surface area contributed by atoms with Gasteiger partial charge in [0, 0.05) is 16.9 Å². The molecule has 0 amide bonds. The van der Waals surface area contributed by atoms with Crippen LogP contribution in [-0.2, 0) is 0 Å². The van der Waals surface area contributed by atoms with Crippen LogP contribution in [0.4, 0.5) is 11.4 Å². The molecule has 1 rings (SSSR count). The van der Waals surface area contributed by atoms with Crippen molar-refractivity contribution in [2.45, 2.75) is 55.4 Å². The van der Waals surface area contributed by atoms with Gasteiger partial charge in [-0.15, -0.1) is 0 Å². The monoisotopic (exact) mass is 278 g/mol. The fourth-order valence-electron chi connectivity index (χ4n) is 1.37. The van der Waals surface area contributed by atoms with Gasteiger partial charge in [0.15, 0.2) is 0 Å². The minimum atomic E-state index is 0.696. The van der Waals surface area contributed by atoms with Crippen LogP contribution in [0.1, 0.15) is 61.0 Å². The Bertz CT molecular complexity index is 377. The zero-order valence-corrected chi connectivity index (χ0v) is 14.6. The Morgan fingerprint density at radius 3 is 1.75 bits per heavy atom. The number of benzene rings is 1.